The van der Waals surface area contributed by atoms with Crippen molar-refractivity contribution in [2.75, 3.05) is 24.2 Å². The van der Waals surface area contributed by atoms with Gasteiger partial charge in [0.05, 0.1) is 25.3 Å². The van der Waals surface area contributed by atoms with E-state index in [0.717, 1.165) is 16.1 Å². The topological polar surface area (TPSA) is 88.1 Å². The Labute approximate surface area is 153 Å². The molecule has 0 heterocycles. The molecule has 0 aromatic heterocycles. The van der Waals surface area contributed by atoms with Crippen molar-refractivity contribution in [1.82, 2.24) is 5.43 Å². The standard InChI is InChI=1S/C18H21N3O4S/c1-14-7-6-9-16(11-14)21(26(3,23)24)13-18(22)20-19-12-15-8-4-5-10-17(15)25-2/h4-12H,13H2,1-3H3,(H,20,22)/b19-12-. The van der Waals surface area contributed by atoms with Crippen LogP contribution in [-0.2, 0) is 14.8 Å². The Balaban J connectivity index is 2.09. The molecular weight excluding hydrogens is 354 g/mol. The lowest BCUT2D eigenvalue weighted by Gasteiger charge is -2.21. The first kappa shape index (κ1) is 19.5. The number of amides is 1. The zero-order chi connectivity index (χ0) is 19.2. The van der Waals surface area contributed by atoms with Gasteiger partial charge < -0.3 is 4.74 Å². The second-order valence-corrected chi connectivity index (χ2v) is 7.55. The summed E-state index contributed by atoms with van der Waals surface area (Å²) in [5.41, 5.74) is 4.35. The fourth-order valence-electron chi connectivity index (χ4n) is 2.30. The summed E-state index contributed by atoms with van der Waals surface area (Å²) in [6, 6.07) is 14.1. The highest BCUT2D eigenvalue weighted by Gasteiger charge is 2.20. The van der Waals surface area contributed by atoms with Gasteiger partial charge in [0.2, 0.25) is 10.0 Å². The van der Waals surface area contributed by atoms with E-state index in [0.29, 0.717) is 17.0 Å². The van der Waals surface area contributed by atoms with Crippen LogP contribution in [0, 0.1) is 6.92 Å². The first-order valence-corrected chi connectivity index (χ1v) is 9.65. The molecule has 1 amide bonds. The lowest BCUT2D eigenvalue weighted by atomic mass is 10.2. The molecule has 2 aromatic carbocycles. The minimum atomic E-state index is -3.62. The molecule has 0 bridgehead atoms. The number of hydrazone groups is 1. The largest absolute Gasteiger partial charge is 0.496 e. The molecule has 7 nitrogen and oxygen atoms in total. The number of anilines is 1. The predicted molar refractivity (Wildman–Crippen MR) is 102 cm³/mol. The number of sulfonamides is 1. The maximum absolute atomic E-state index is 12.1. The number of ether oxygens (including phenoxy) is 1. The van der Waals surface area contributed by atoms with Crippen molar-refractivity contribution in [3.8, 4) is 5.75 Å². The van der Waals surface area contributed by atoms with Gasteiger partial charge in [-0.05, 0) is 36.8 Å². The second kappa shape index (κ2) is 8.48. The summed E-state index contributed by atoms with van der Waals surface area (Å²) < 4.78 is 30.3. The highest BCUT2D eigenvalue weighted by atomic mass is 32.2. The van der Waals surface area contributed by atoms with Gasteiger partial charge in [-0.15, -0.1) is 0 Å². The molecule has 2 aromatic rings. The summed E-state index contributed by atoms with van der Waals surface area (Å²) in [7, 11) is -2.08. The Morgan fingerprint density at radius 2 is 1.96 bits per heavy atom. The van der Waals surface area contributed by atoms with E-state index >= 15 is 0 Å². The van der Waals surface area contributed by atoms with E-state index in [-0.39, 0.29) is 6.54 Å². The van der Waals surface area contributed by atoms with Gasteiger partial charge in [-0.1, -0.05) is 24.3 Å². The van der Waals surface area contributed by atoms with Crippen molar-refractivity contribution in [3.63, 3.8) is 0 Å². The van der Waals surface area contributed by atoms with E-state index in [2.05, 4.69) is 10.5 Å². The minimum Gasteiger partial charge on any atom is -0.496 e. The van der Waals surface area contributed by atoms with Crippen LogP contribution in [0.15, 0.2) is 53.6 Å². The van der Waals surface area contributed by atoms with Gasteiger partial charge >= 0.3 is 0 Å². The molecule has 8 heteroatoms. The molecule has 0 aliphatic heterocycles. The van der Waals surface area contributed by atoms with Gasteiger partial charge in [0.1, 0.15) is 12.3 Å². The van der Waals surface area contributed by atoms with Crippen LogP contribution in [0.1, 0.15) is 11.1 Å². The fraction of sp³-hybridized carbons (Fsp3) is 0.222. The molecule has 0 fully saturated rings. The van der Waals surface area contributed by atoms with E-state index in [1.54, 1.807) is 30.3 Å². The highest BCUT2D eigenvalue weighted by Crippen LogP contribution is 2.18. The van der Waals surface area contributed by atoms with Crippen molar-refractivity contribution in [1.29, 1.82) is 0 Å². The zero-order valence-electron chi connectivity index (χ0n) is 14.8. The Morgan fingerprint density at radius 3 is 2.62 bits per heavy atom. The van der Waals surface area contributed by atoms with Crippen molar-refractivity contribution in [2.45, 2.75) is 6.92 Å². The number of nitrogens with one attached hydrogen (secondary N) is 1. The summed E-state index contributed by atoms with van der Waals surface area (Å²) in [6.45, 7) is 1.48. The summed E-state index contributed by atoms with van der Waals surface area (Å²) in [5.74, 6) is 0.0612. The van der Waals surface area contributed by atoms with Crippen LogP contribution in [0.25, 0.3) is 0 Å². The number of nitrogens with zero attached hydrogens (tertiary/aromatic N) is 2. The minimum absolute atomic E-state index is 0.369. The second-order valence-electron chi connectivity index (χ2n) is 5.64. The van der Waals surface area contributed by atoms with Crippen molar-refractivity contribution in [3.05, 3.63) is 59.7 Å². The zero-order valence-corrected chi connectivity index (χ0v) is 15.7. The Kier molecular flexibility index (Phi) is 6.35. The van der Waals surface area contributed by atoms with E-state index in [9.17, 15) is 13.2 Å². The molecule has 2 rings (SSSR count). The van der Waals surface area contributed by atoms with Crippen LogP contribution in [0.3, 0.4) is 0 Å². The van der Waals surface area contributed by atoms with Crippen LogP contribution < -0.4 is 14.5 Å². The molecule has 0 spiro atoms. The predicted octanol–water partition coefficient (Wildman–Crippen LogP) is 1.92. The van der Waals surface area contributed by atoms with Crippen LogP contribution in [0.2, 0.25) is 0 Å². The number of methoxy groups -OCH3 is 1. The SMILES string of the molecule is COc1ccccc1/C=N\NC(=O)CN(c1cccc(C)c1)S(C)(=O)=O. The molecule has 1 N–H and O–H groups in total. The van der Waals surface area contributed by atoms with Gasteiger partial charge in [0, 0.05) is 5.56 Å². The van der Waals surface area contributed by atoms with Gasteiger partial charge in [0.25, 0.3) is 5.91 Å². The normalized spacial score (nSPS) is 11.3. The van der Waals surface area contributed by atoms with Gasteiger partial charge in [-0.25, -0.2) is 13.8 Å². The van der Waals surface area contributed by atoms with Gasteiger partial charge in [0.15, 0.2) is 0 Å². The van der Waals surface area contributed by atoms with Crippen LogP contribution >= 0.6 is 0 Å². The average molecular weight is 375 g/mol. The fourth-order valence-corrected chi connectivity index (χ4v) is 3.14. The monoisotopic (exact) mass is 375 g/mol. The Hall–Kier alpha value is -2.87. The number of aryl methyl sites for hydroxylation is 1. The maximum atomic E-state index is 12.1. The summed E-state index contributed by atoms with van der Waals surface area (Å²) in [6.07, 6.45) is 2.49. The lowest BCUT2D eigenvalue weighted by Crippen LogP contribution is -2.39. The molecule has 0 saturated heterocycles. The number of para-hydroxylation sites is 1. The number of benzene rings is 2. The quantitative estimate of drug-likeness (QED) is 0.592. The summed E-state index contributed by atoms with van der Waals surface area (Å²) in [5, 5.41) is 3.87. The van der Waals surface area contributed by atoms with Crippen molar-refractivity contribution in [2.24, 2.45) is 5.10 Å². The van der Waals surface area contributed by atoms with E-state index in [1.165, 1.54) is 13.3 Å². The molecule has 0 aliphatic carbocycles. The average Bonchev–Trinajstić information content (AvgIpc) is 2.59. The van der Waals surface area contributed by atoms with E-state index in [1.807, 2.05) is 25.1 Å². The number of hydrogen-bond donors (Lipinski definition) is 1. The number of carbonyl (C=O) groups is 1. The first-order valence-electron chi connectivity index (χ1n) is 7.80. The molecule has 0 atom stereocenters. The smallest absolute Gasteiger partial charge is 0.260 e. The van der Waals surface area contributed by atoms with Crippen molar-refractivity contribution < 1.29 is 17.9 Å². The number of rotatable bonds is 7. The molecule has 0 saturated carbocycles. The van der Waals surface area contributed by atoms with Gasteiger partial charge in [-0.3, -0.25) is 9.10 Å². The molecule has 0 aliphatic rings. The third-order valence-electron chi connectivity index (χ3n) is 3.51. The summed E-state index contributed by atoms with van der Waals surface area (Å²) in [4.78, 5) is 12.1. The molecule has 138 valence electrons. The van der Waals surface area contributed by atoms with Crippen LogP contribution in [-0.4, -0.2) is 40.4 Å². The van der Waals surface area contributed by atoms with Crippen molar-refractivity contribution >= 4 is 27.8 Å². The third kappa shape index (κ3) is 5.32. The molecule has 26 heavy (non-hydrogen) atoms. The molecular formula is C18H21N3O4S. The van der Waals surface area contributed by atoms with Crippen LogP contribution in [0.4, 0.5) is 5.69 Å². The first-order chi connectivity index (χ1) is 12.3. The summed E-state index contributed by atoms with van der Waals surface area (Å²) >= 11 is 0. The maximum Gasteiger partial charge on any atom is 0.260 e. The lowest BCUT2D eigenvalue weighted by molar-refractivity contribution is -0.119. The molecule has 0 unspecified atom stereocenters. The Bertz CT molecular complexity index is 910. The number of carbonyl (C=O) groups excluding carboxylic acids is 1. The Morgan fingerprint density at radius 1 is 1.23 bits per heavy atom. The van der Waals surface area contributed by atoms with Crippen LogP contribution in [0.5, 0.6) is 5.75 Å². The van der Waals surface area contributed by atoms with Gasteiger partial charge in [-0.2, -0.15) is 5.10 Å². The third-order valence-corrected chi connectivity index (χ3v) is 4.65. The van der Waals surface area contributed by atoms with E-state index in [4.69, 9.17) is 4.74 Å². The highest BCUT2D eigenvalue weighted by molar-refractivity contribution is 7.92. The van der Waals surface area contributed by atoms with E-state index < -0.39 is 15.9 Å². The molecule has 0 radical (unpaired) electrons. The number of hydrogen-bond acceptors (Lipinski definition) is 5.